The highest BCUT2D eigenvalue weighted by atomic mass is 32.2. The maximum Gasteiger partial charge on any atom is 0.317 e. The van der Waals surface area contributed by atoms with Crippen molar-refractivity contribution in [3.63, 3.8) is 0 Å². The maximum atomic E-state index is 12.6. The second-order valence-electron chi connectivity index (χ2n) is 6.06. The van der Waals surface area contributed by atoms with Gasteiger partial charge in [0.05, 0.1) is 16.3 Å². The number of hydrogen-bond acceptors (Lipinski definition) is 4. The van der Waals surface area contributed by atoms with E-state index in [1.807, 2.05) is 18.7 Å². The van der Waals surface area contributed by atoms with E-state index in [4.69, 9.17) is 5.11 Å². The number of aliphatic carboxylic acids is 1. The standard InChI is InChI=1S/C19H23NO4S/c1-3-12-20(14-19(21)22)13-16-6-10-18(11-7-16)25(23,24)17-8-4-15(2)5-9-17/h4-11H,3,12-14H2,1-2H3,(H,21,22). The van der Waals surface area contributed by atoms with E-state index in [1.54, 1.807) is 48.5 Å². The van der Waals surface area contributed by atoms with Crippen LogP contribution in [0.5, 0.6) is 0 Å². The van der Waals surface area contributed by atoms with Gasteiger partial charge in [0.1, 0.15) is 0 Å². The minimum atomic E-state index is -3.54. The summed E-state index contributed by atoms with van der Waals surface area (Å²) >= 11 is 0. The van der Waals surface area contributed by atoms with Gasteiger partial charge < -0.3 is 5.11 Å². The largest absolute Gasteiger partial charge is 0.480 e. The first-order valence-electron chi connectivity index (χ1n) is 8.17. The van der Waals surface area contributed by atoms with E-state index in [1.165, 1.54) is 0 Å². The molecular formula is C19H23NO4S. The Balaban J connectivity index is 2.18. The summed E-state index contributed by atoms with van der Waals surface area (Å²) in [5, 5.41) is 8.96. The average molecular weight is 361 g/mol. The van der Waals surface area contributed by atoms with Gasteiger partial charge in [0.2, 0.25) is 9.84 Å². The Morgan fingerprint density at radius 1 is 1.00 bits per heavy atom. The first-order valence-corrected chi connectivity index (χ1v) is 9.66. The van der Waals surface area contributed by atoms with Crippen molar-refractivity contribution < 1.29 is 18.3 Å². The molecule has 0 unspecified atom stereocenters. The Morgan fingerprint density at radius 2 is 1.52 bits per heavy atom. The highest BCUT2D eigenvalue weighted by molar-refractivity contribution is 7.91. The fourth-order valence-electron chi connectivity index (χ4n) is 2.61. The van der Waals surface area contributed by atoms with Gasteiger partial charge in [0.15, 0.2) is 0 Å². The number of hydrogen-bond donors (Lipinski definition) is 1. The molecule has 1 N–H and O–H groups in total. The normalized spacial score (nSPS) is 11.6. The first kappa shape index (κ1) is 19.1. The number of carboxylic acids is 1. The van der Waals surface area contributed by atoms with E-state index in [2.05, 4.69) is 0 Å². The van der Waals surface area contributed by atoms with Crippen molar-refractivity contribution in [2.75, 3.05) is 13.1 Å². The summed E-state index contributed by atoms with van der Waals surface area (Å²) in [5.74, 6) is -0.869. The zero-order valence-electron chi connectivity index (χ0n) is 14.5. The van der Waals surface area contributed by atoms with Gasteiger partial charge >= 0.3 is 5.97 Å². The third-order valence-electron chi connectivity index (χ3n) is 3.87. The monoisotopic (exact) mass is 361 g/mol. The Morgan fingerprint density at radius 3 is 2.00 bits per heavy atom. The van der Waals surface area contributed by atoms with Crippen molar-refractivity contribution in [3.8, 4) is 0 Å². The van der Waals surface area contributed by atoms with Gasteiger partial charge in [-0.3, -0.25) is 9.69 Å². The van der Waals surface area contributed by atoms with Crippen LogP contribution in [0.15, 0.2) is 58.3 Å². The lowest BCUT2D eigenvalue weighted by molar-refractivity contribution is -0.138. The van der Waals surface area contributed by atoms with Gasteiger partial charge in [-0.2, -0.15) is 0 Å². The predicted octanol–water partition coefficient (Wildman–Crippen LogP) is 3.12. The lowest BCUT2D eigenvalue weighted by atomic mass is 10.2. The zero-order chi connectivity index (χ0) is 18.4. The van der Waals surface area contributed by atoms with Crippen LogP contribution in [0.2, 0.25) is 0 Å². The molecule has 2 aromatic rings. The molecule has 0 aromatic heterocycles. The minimum absolute atomic E-state index is 0.0305. The van der Waals surface area contributed by atoms with Crippen LogP contribution in [0, 0.1) is 6.92 Å². The van der Waals surface area contributed by atoms with Gasteiger partial charge in [-0.25, -0.2) is 8.42 Å². The van der Waals surface area contributed by atoms with Crippen LogP contribution in [-0.2, 0) is 21.2 Å². The number of carbonyl (C=O) groups is 1. The van der Waals surface area contributed by atoms with Crippen LogP contribution in [0.1, 0.15) is 24.5 Å². The molecule has 0 spiro atoms. The molecule has 0 heterocycles. The van der Waals surface area contributed by atoms with E-state index >= 15 is 0 Å². The summed E-state index contributed by atoms with van der Waals surface area (Å²) in [4.78, 5) is 13.2. The van der Waals surface area contributed by atoms with Gasteiger partial charge in [0.25, 0.3) is 0 Å². The van der Waals surface area contributed by atoms with Gasteiger partial charge in [-0.05, 0) is 49.7 Å². The zero-order valence-corrected chi connectivity index (χ0v) is 15.3. The molecule has 0 saturated heterocycles. The molecular weight excluding hydrogens is 338 g/mol. The number of carboxylic acid groups (broad SMARTS) is 1. The topological polar surface area (TPSA) is 74.7 Å². The fourth-order valence-corrected chi connectivity index (χ4v) is 3.87. The predicted molar refractivity (Wildman–Crippen MR) is 96.3 cm³/mol. The van der Waals surface area contributed by atoms with Crippen molar-refractivity contribution in [1.82, 2.24) is 4.90 Å². The summed E-state index contributed by atoms with van der Waals surface area (Å²) in [6, 6.07) is 13.4. The molecule has 0 radical (unpaired) electrons. The van der Waals surface area contributed by atoms with E-state index in [0.29, 0.717) is 13.1 Å². The Kier molecular flexibility index (Phi) is 6.33. The molecule has 0 atom stereocenters. The number of nitrogens with zero attached hydrogens (tertiary/aromatic N) is 1. The van der Waals surface area contributed by atoms with E-state index in [0.717, 1.165) is 17.5 Å². The quantitative estimate of drug-likeness (QED) is 0.782. The lowest BCUT2D eigenvalue weighted by Crippen LogP contribution is -2.30. The SMILES string of the molecule is CCCN(CC(=O)O)Cc1ccc(S(=O)(=O)c2ccc(C)cc2)cc1. The summed E-state index contributed by atoms with van der Waals surface area (Å²) in [6.07, 6.45) is 0.854. The maximum absolute atomic E-state index is 12.6. The molecule has 0 aliphatic heterocycles. The van der Waals surface area contributed by atoms with Crippen LogP contribution >= 0.6 is 0 Å². The highest BCUT2D eigenvalue weighted by Gasteiger charge is 2.17. The molecule has 2 rings (SSSR count). The lowest BCUT2D eigenvalue weighted by Gasteiger charge is -2.19. The van der Waals surface area contributed by atoms with E-state index in [9.17, 15) is 13.2 Å². The molecule has 6 heteroatoms. The Hall–Kier alpha value is -2.18. The Bertz CT molecular complexity index is 812. The van der Waals surface area contributed by atoms with E-state index in [-0.39, 0.29) is 16.3 Å². The third kappa shape index (κ3) is 5.14. The molecule has 0 aliphatic carbocycles. The van der Waals surface area contributed by atoms with Crippen molar-refractivity contribution in [1.29, 1.82) is 0 Å². The number of sulfone groups is 1. The summed E-state index contributed by atoms with van der Waals surface area (Å²) in [5.41, 5.74) is 1.89. The first-order chi connectivity index (χ1) is 11.8. The van der Waals surface area contributed by atoms with Crippen molar-refractivity contribution in [3.05, 3.63) is 59.7 Å². The second-order valence-corrected chi connectivity index (χ2v) is 8.01. The molecule has 134 valence electrons. The second kappa shape index (κ2) is 8.27. The number of benzene rings is 2. The van der Waals surface area contributed by atoms with Crippen molar-refractivity contribution in [2.24, 2.45) is 0 Å². The molecule has 0 saturated carbocycles. The molecule has 0 amide bonds. The van der Waals surface area contributed by atoms with Crippen molar-refractivity contribution >= 4 is 15.8 Å². The smallest absolute Gasteiger partial charge is 0.317 e. The molecule has 0 aliphatic rings. The van der Waals surface area contributed by atoms with Gasteiger partial charge in [-0.15, -0.1) is 0 Å². The molecule has 5 nitrogen and oxygen atoms in total. The third-order valence-corrected chi connectivity index (χ3v) is 5.66. The van der Waals surface area contributed by atoms with Crippen LogP contribution in [0.4, 0.5) is 0 Å². The van der Waals surface area contributed by atoms with Crippen LogP contribution < -0.4 is 0 Å². The summed E-state index contributed by atoms with van der Waals surface area (Å²) in [7, 11) is -3.54. The minimum Gasteiger partial charge on any atom is -0.480 e. The molecule has 25 heavy (non-hydrogen) atoms. The number of aryl methyl sites for hydroxylation is 1. The molecule has 2 aromatic carbocycles. The van der Waals surface area contributed by atoms with Crippen LogP contribution in [0.3, 0.4) is 0 Å². The fraction of sp³-hybridized carbons (Fsp3) is 0.316. The van der Waals surface area contributed by atoms with Crippen LogP contribution in [-0.4, -0.2) is 37.5 Å². The van der Waals surface area contributed by atoms with Gasteiger partial charge in [0, 0.05) is 6.54 Å². The van der Waals surface area contributed by atoms with Gasteiger partial charge in [-0.1, -0.05) is 36.8 Å². The van der Waals surface area contributed by atoms with Crippen molar-refractivity contribution in [2.45, 2.75) is 36.6 Å². The van der Waals surface area contributed by atoms with Crippen LogP contribution in [0.25, 0.3) is 0 Å². The molecule has 0 bridgehead atoms. The average Bonchev–Trinajstić information content (AvgIpc) is 2.55. The summed E-state index contributed by atoms with van der Waals surface area (Å²) < 4.78 is 25.3. The van der Waals surface area contributed by atoms with E-state index < -0.39 is 15.8 Å². The molecule has 0 fully saturated rings. The highest BCUT2D eigenvalue weighted by Crippen LogP contribution is 2.22. The Labute approximate surface area is 148 Å². The number of rotatable bonds is 8. The summed E-state index contributed by atoms with van der Waals surface area (Å²) in [6.45, 7) is 5.02.